The molecule has 0 fully saturated rings. The lowest BCUT2D eigenvalue weighted by Crippen LogP contribution is -2.35. The number of ether oxygens (including phenoxy) is 4. The smallest absolute Gasteiger partial charge is 0.308 e. The van der Waals surface area contributed by atoms with E-state index in [1.54, 1.807) is 0 Å². The van der Waals surface area contributed by atoms with Crippen molar-refractivity contribution in [2.45, 2.75) is 409 Å². The molecule has 0 aliphatic carbocycles. The van der Waals surface area contributed by atoms with Crippen molar-refractivity contribution in [1.29, 1.82) is 0 Å². The fourth-order valence-corrected chi connectivity index (χ4v) is 14.1. The number of nitrogens with zero attached hydrogens (tertiary/aromatic N) is 3. The van der Waals surface area contributed by atoms with Crippen molar-refractivity contribution in [2.75, 3.05) is 91.9 Å². The highest BCUT2D eigenvalue weighted by Gasteiger charge is 2.24. The molecule has 576 valence electrons. The standard InChI is InChI=1S/C85H167N3O9/c1-9-17-25-33-37-45-60-78(56-41-29-21-13-5)82(90)94-74-52-69-87(70-53-75-95-83(91)79(57-42-30-22-14-6)61-46-38-34-26-18-10-2)66-49-64-86(68-51-73-89)65-50-67-88(71-54-76-96-84(92)80(58-43-31-23-15-7)62-47-39-35-27-19-11-3)72-55-77-97-85(93)81(59-44-32-24-16-8)63-48-40-36-28-20-12-4/h78-81,89H,9-77H2,1-8H3. The number of aliphatic hydroxyl groups excluding tert-OH is 1. The van der Waals surface area contributed by atoms with Gasteiger partial charge < -0.3 is 38.8 Å². The summed E-state index contributed by atoms with van der Waals surface area (Å²) in [6, 6.07) is 0. The van der Waals surface area contributed by atoms with Gasteiger partial charge in [-0.3, -0.25) is 19.2 Å². The Kier molecular flexibility index (Phi) is 73.1. The Labute approximate surface area is 603 Å². The fourth-order valence-electron chi connectivity index (χ4n) is 14.1. The molecule has 1 N–H and O–H groups in total. The molecule has 0 saturated carbocycles. The summed E-state index contributed by atoms with van der Waals surface area (Å²) in [6.07, 6.45) is 61.1. The monoisotopic (exact) mass is 1370 g/mol. The summed E-state index contributed by atoms with van der Waals surface area (Å²) in [5.41, 5.74) is 0. The van der Waals surface area contributed by atoms with Gasteiger partial charge in [-0.25, -0.2) is 0 Å². The average molecular weight is 1380 g/mol. The summed E-state index contributed by atoms with van der Waals surface area (Å²) in [6.45, 7) is 27.5. The van der Waals surface area contributed by atoms with E-state index in [-0.39, 0.29) is 54.2 Å². The Morgan fingerprint density at radius 1 is 0.216 bits per heavy atom. The van der Waals surface area contributed by atoms with Gasteiger partial charge in [0.1, 0.15) is 0 Å². The van der Waals surface area contributed by atoms with E-state index in [1.165, 1.54) is 205 Å². The third kappa shape index (κ3) is 61.0. The van der Waals surface area contributed by atoms with Gasteiger partial charge in [0.2, 0.25) is 0 Å². The lowest BCUT2D eigenvalue weighted by Gasteiger charge is -2.28. The molecule has 97 heavy (non-hydrogen) atoms. The van der Waals surface area contributed by atoms with Gasteiger partial charge in [0.15, 0.2) is 0 Å². The molecule has 0 aromatic carbocycles. The van der Waals surface area contributed by atoms with Crippen LogP contribution in [0.4, 0.5) is 0 Å². The zero-order valence-electron chi connectivity index (χ0n) is 66.2. The topological polar surface area (TPSA) is 135 Å². The van der Waals surface area contributed by atoms with Crippen LogP contribution >= 0.6 is 0 Å². The number of carbonyl (C=O) groups excluding carboxylic acids is 4. The SMILES string of the molecule is CCCCCCCCC(CCCCCC)C(=O)OCCCN(CCCOC(=O)C(CCCCCC)CCCCCCCC)CCCN(CCCO)CCCN(CCCOC(=O)C(CCCCCC)CCCCCCCC)CCCOC(=O)C(CCCCCC)CCCCCCCC. The maximum atomic E-state index is 13.7. The molecule has 4 unspecified atom stereocenters. The molecule has 0 aromatic heterocycles. The summed E-state index contributed by atoms with van der Waals surface area (Å²) in [5.74, 6) is -0.0879. The zero-order valence-corrected chi connectivity index (χ0v) is 66.2. The highest BCUT2D eigenvalue weighted by atomic mass is 16.5. The number of carbonyl (C=O) groups is 4. The maximum absolute atomic E-state index is 13.7. The number of aliphatic hydroxyl groups is 1. The quantitative estimate of drug-likeness (QED) is 0.0353. The predicted molar refractivity (Wildman–Crippen MR) is 414 cm³/mol. The molecule has 0 radical (unpaired) electrons. The van der Waals surface area contributed by atoms with E-state index >= 15 is 0 Å². The van der Waals surface area contributed by atoms with Gasteiger partial charge in [0.05, 0.1) is 50.1 Å². The van der Waals surface area contributed by atoms with E-state index in [1.807, 2.05) is 0 Å². The summed E-state index contributed by atoms with van der Waals surface area (Å²) in [5, 5.41) is 10.1. The highest BCUT2D eigenvalue weighted by Crippen LogP contribution is 2.25. The molecule has 12 heteroatoms. The number of unbranched alkanes of at least 4 members (excludes halogenated alkanes) is 32. The van der Waals surface area contributed by atoms with Crippen molar-refractivity contribution in [1.82, 2.24) is 14.7 Å². The van der Waals surface area contributed by atoms with E-state index in [0.29, 0.717) is 32.8 Å². The molecule has 0 amide bonds. The van der Waals surface area contributed by atoms with E-state index in [0.717, 1.165) is 200 Å². The molecule has 0 bridgehead atoms. The third-order valence-corrected chi connectivity index (χ3v) is 20.6. The van der Waals surface area contributed by atoms with Crippen molar-refractivity contribution in [2.24, 2.45) is 23.7 Å². The first-order valence-electron chi connectivity index (χ1n) is 43.0. The minimum absolute atomic E-state index is 0.00914. The molecule has 0 rings (SSSR count). The Morgan fingerprint density at radius 3 is 0.557 bits per heavy atom. The third-order valence-electron chi connectivity index (χ3n) is 20.6. The Balaban J connectivity index is 6.32. The van der Waals surface area contributed by atoms with Crippen LogP contribution in [0.15, 0.2) is 0 Å². The van der Waals surface area contributed by atoms with Crippen molar-refractivity contribution in [3.05, 3.63) is 0 Å². The van der Waals surface area contributed by atoms with Crippen LogP contribution in [0.2, 0.25) is 0 Å². The average Bonchev–Trinajstić information content (AvgIpc) is 3.75. The minimum Gasteiger partial charge on any atom is -0.465 e. The van der Waals surface area contributed by atoms with Crippen molar-refractivity contribution < 1.29 is 43.2 Å². The second-order valence-corrected chi connectivity index (χ2v) is 29.8. The van der Waals surface area contributed by atoms with Crippen LogP contribution in [-0.4, -0.2) is 136 Å². The van der Waals surface area contributed by atoms with E-state index < -0.39 is 0 Å². The van der Waals surface area contributed by atoms with Crippen molar-refractivity contribution >= 4 is 23.9 Å². The molecule has 0 aliphatic heterocycles. The highest BCUT2D eigenvalue weighted by molar-refractivity contribution is 5.73. The van der Waals surface area contributed by atoms with Crippen LogP contribution in [0.25, 0.3) is 0 Å². The number of rotatable bonds is 79. The fraction of sp³-hybridized carbons (Fsp3) is 0.953. The number of hydrogen-bond donors (Lipinski definition) is 1. The first-order valence-corrected chi connectivity index (χ1v) is 43.0. The molecule has 4 atom stereocenters. The van der Waals surface area contributed by atoms with Crippen molar-refractivity contribution in [3.8, 4) is 0 Å². The minimum atomic E-state index is -0.0128. The maximum Gasteiger partial charge on any atom is 0.308 e. The van der Waals surface area contributed by atoms with Crippen LogP contribution in [-0.2, 0) is 38.1 Å². The van der Waals surface area contributed by atoms with Crippen LogP contribution in [0, 0.1) is 23.7 Å². The molecule has 0 saturated heterocycles. The largest absolute Gasteiger partial charge is 0.465 e. The summed E-state index contributed by atoms with van der Waals surface area (Å²) in [4.78, 5) is 62.4. The molecular formula is C85H167N3O9. The summed E-state index contributed by atoms with van der Waals surface area (Å²) < 4.78 is 24.5. The first-order chi connectivity index (χ1) is 47.6. The predicted octanol–water partition coefficient (Wildman–Crippen LogP) is 23.1. The first kappa shape index (κ1) is 94.7. The van der Waals surface area contributed by atoms with E-state index in [2.05, 4.69) is 70.1 Å². The van der Waals surface area contributed by atoms with Crippen LogP contribution in [0.1, 0.15) is 409 Å². The molecule has 0 heterocycles. The van der Waals surface area contributed by atoms with Gasteiger partial charge in [-0.15, -0.1) is 0 Å². The van der Waals surface area contributed by atoms with Gasteiger partial charge in [-0.1, -0.05) is 312 Å². The van der Waals surface area contributed by atoms with Gasteiger partial charge >= 0.3 is 23.9 Å². The van der Waals surface area contributed by atoms with Gasteiger partial charge in [0.25, 0.3) is 0 Å². The molecular weight excluding hydrogens is 1210 g/mol. The van der Waals surface area contributed by atoms with Gasteiger partial charge in [-0.05, 0) is 122 Å². The summed E-state index contributed by atoms with van der Waals surface area (Å²) >= 11 is 0. The normalized spacial score (nSPS) is 13.0. The van der Waals surface area contributed by atoms with E-state index in [9.17, 15) is 24.3 Å². The lowest BCUT2D eigenvalue weighted by molar-refractivity contribution is -0.150. The van der Waals surface area contributed by atoms with E-state index in [4.69, 9.17) is 18.9 Å². The lowest BCUT2D eigenvalue weighted by atomic mass is 9.94. The molecule has 12 nitrogen and oxygen atoms in total. The van der Waals surface area contributed by atoms with Crippen LogP contribution in [0.3, 0.4) is 0 Å². The second-order valence-electron chi connectivity index (χ2n) is 29.8. The van der Waals surface area contributed by atoms with Crippen LogP contribution < -0.4 is 0 Å². The number of esters is 4. The summed E-state index contributed by atoms with van der Waals surface area (Å²) in [7, 11) is 0. The number of hydrogen-bond acceptors (Lipinski definition) is 12. The molecule has 0 aliphatic rings. The molecule has 0 spiro atoms. The van der Waals surface area contributed by atoms with Crippen LogP contribution in [0.5, 0.6) is 0 Å². The second kappa shape index (κ2) is 74.9. The van der Waals surface area contributed by atoms with Crippen molar-refractivity contribution in [3.63, 3.8) is 0 Å². The van der Waals surface area contributed by atoms with Gasteiger partial charge in [0, 0.05) is 39.3 Å². The van der Waals surface area contributed by atoms with Gasteiger partial charge in [-0.2, -0.15) is 0 Å². The molecule has 0 aromatic rings. The Hall–Kier alpha value is -2.28. The Morgan fingerprint density at radius 2 is 0.371 bits per heavy atom. The zero-order chi connectivity index (χ0) is 71.0. The Bertz CT molecular complexity index is 1450.